The van der Waals surface area contributed by atoms with Crippen molar-refractivity contribution in [2.24, 2.45) is 16.5 Å². The number of amidine groups is 1. The molecule has 0 unspecified atom stereocenters. The number of aliphatic imine (C=N–C) groups is 1. The first-order chi connectivity index (χ1) is 4.34. The van der Waals surface area contributed by atoms with E-state index in [2.05, 4.69) is 28.7 Å². The highest BCUT2D eigenvalue weighted by Gasteiger charge is 2.33. The van der Waals surface area contributed by atoms with Gasteiger partial charge in [-0.1, -0.05) is 0 Å². The molecule has 0 aliphatic rings. The highest BCUT2D eigenvalue weighted by atomic mass is 32.1. The van der Waals surface area contributed by atoms with Crippen LogP contribution in [0.2, 0.25) is 0 Å². The molecule has 0 spiro atoms. The predicted octanol–water partition coefficient (Wildman–Crippen LogP) is 0.150. The summed E-state index contributed by atoms with van der Waals surface area (Å²) in [6.45, 7) is 0. The quantitative estimate of drug-likeness (QED) is 0.310. The van der Waals surface area contributed by atoms with Gasteiger partial charge in [-0.15, -0.1) is 0 Å². The monoisotopic (exact) mass is 171 g/mol. The summed E-state index contributed by atoms with van der Waals surface area (Å²) in [7, 11) is 0. The SMILES string of the molecule is NC(=S)N=C(N)C(F)(F)F. The maximum atomic E-state index is 11.4. The fourth-order valence-electron chi connectivity index (χ4n) is 0.182. The Morgan fingerprint density at radius 3 is 1.80 bits per heavy atom. The van der Waals surface area contributed by atoms with Gasteiger partial charge in [0.25, 0.3) is 0 Å². The number of rotatable bonds is 0. The molecule has 0 aromatic heterocycles. The molecule has 0 aliphatic heterocycles. The van der Waals surface area contributed by atoms with E-state index in [9.17, 15) is 13.2 Å². The second-order valence-corrected chi connectivity index (χ2v) is 1.75. The first-order valence-electron chi connectivity index (χ1n) is 2.05. The van der Waals surface area contributed by atoms with E-state index in [4.69, 9.17) is 0 Å². The van der Waals surface area contributed by atoms with Crippen molar-refractivity contribution in [3.63, 3.8) is 0 Å². The predicted molar refractivity (Wildman–Crippen MR) is 34.5 cm³/mol. The fraction of sp³-hybridized carbons (Fsp3) is 0.333. The Bertz CT molecular complexity index is 172. The summed E-state index contributed by atoms with van der Waals surface area (Å²) in [6, 6.07) is 0. The molecule has 0 aliphatic carbocycles. The minimum atomic E-state index is -4.65. The Labute approximate surface area is 59.9 Å². The molecule has 10 heavy (non-hydrogen) atoms. The lowest BCUT2D eigenvalue weighted by Crippen LogP contribution is -2.32. The van der Waals surface area contributed by atoms with Crippen LogP contribution in [0.25, 0.3) is 0 Å². The Kier molecular flexibility index (Phi) is 2.58. The third-order valence-corrected chi connectivity index (χ3v) is 0.612. The molecule has 0 radical (unpaired) electrons. The van der Waals surface area contributed by atoms with Gasteiger partial charge in [-0.2, -0.15) is 18.2 Å². The van der Waals surface area contributed by atoms with Crippen molar-refractivity contribution < 1.29 is 13.2 Å². The van der Waals surface area contributed by atoms with E-state index in [0.717, 1.165) is 0 Å². The molecule has 0 heterocycles. The van der Waals surface area contributed by atoms with Crippen LogP contribution in [0.5, 0.6) is 0 Å². The number of thiocarbonyl (C=S) groups is 1. The number of nitrogens with zero attached hydrogens (tertiary/aromatic N) is 1. The van der Waals surface area contributed by atoms with Gasteiger partial charge >= 0.3 is 6.18 Å². The van der Waals surface area contributed by atoms with Crippen LogP contribution in [0, 0.1) is 0 Å². The highest BCUT2D eigenvalue weighted by molar-refractivity contribution is 7.80. The molecule has 0 atom stereocenters. The highest BCUT2D eigenvalue weighted by Crippen LogP contribution is 2.13. The van der Waals surface area contributed by atoms with E-state index >= 15 is 0 Å². The van der Waals surface area contributed by atoms with Gasteiger partial charge in [-0.25, -0.2) is 0 Å². The minimum absolute atomic E-state index is 0.630. The van der Waals surface area contributed by atoms with Crippen LogP contribution in [-0.2, 0) is 0 Å². The van der Waals surface area contributed by atoms with Gasteiger partial charge < -0.3 is 11.5 Å². The molecular weight excluding hydrogens is 167 g/mol. The minimum Gasteiger partial charge on any atom is -0.380 e. The van der Waals surface area contributed by atoms with Crippen molar-refractivity contribution in [2.45, 2.75) is 6.18 Å². The lowest BCUT2D eigenvalue weighted by molar-refractivity contribution is -0.0597. The van der Waals surface area contributed by atoms with Gasteiger partial charge in [0, 0.05) is 0 Å². The fourth-order valence-corrected chi connectivity index (χ4v) is 0.280. The summed E-state index contributed by atoms with van der Waals surface area (Å²) in [4.78, 5) is 2.63. The lowest BCUT2D eigenvalue weighted by atomic mass is 10.6. The van der Waals surface area contributed by atoms with Gasteiger partial charge in [-0.3, -0.25) is 0 Å². The van der Waals surface area contributed by atoms with Gasteiger partial charge in [-0.05, 0) is 12.2 Å². The topological polar surface area (TPSA) is 64.4 Å². The molecule has 0 rings (SSSR count). The summed E-state index contributed by atoms with van der Waals surface area (Å²) in [5.74, 6) is -1.53. The molecule has 0 fully saturated rings. The smallest absolute Gasteiger partial charge is 0.380 e. The van der Waals surface area contributed by atoms with Crippen LogP contribution in [0.3, 0.4) is 0 Å². The number of nitrogens with two attached hydrogens (primary N) is 2. The maximum Gasteiger partial charge on any atom is 0.449 e. The van der Waals surface area contributed by atoms with E-state index < -0.39 is 17.1 Å². The molecule has 0 aromatic carbocycles. The number of halogens is 3. The standard InChI is InChI=1S/C3H4F3N3S/c4-3(5,6)1(7)9-2(8)10/h(H4,7,8,9,10). The average Bonchev–Trinajstić information content (AvgIpc) is 1.60. The van der Waals surface area contributed by atoms with E-state index in [1.165, 1.54) is 0 Å². The number of hydrogen-bond donors (Lipinski definition) is 2. The third kappa shape index (κ3) is 3.23. The first kappa shape index (κ1) is 9.15. The van der Waals surface area contributed by atoms with Crippen molar-refractivity contribution in [1.29, 1.82) is 0 Å². The lowest BCUT2D eigenvalue weighted by Gasteiger charge is -2.02. The zero-order valence-electron chi connectivity index (χ0n) is 4.64. The van der Waals surface area contributed by atoms with Crippen LogP contribution in [-0.4, -0.2) is 17.1 Å². The van der Waals surface area contributed by atoms with Crippen LogP contribution in [0.1, 0.15) is 0 Å². The molecule has 0 amide bonds. The second kappa shape index (κ2) is 2.82. The van der Waals surface area contributed by atoms with Crippen LogP contribution in [0.4, 0.5) is 13.2 Å². The Hall–Kier alpha value is -0.850. The van der Waals surface area contributed by atoms with Crippen LogP contribution < -0.4 is 11.5 Å². The molecule has 58 valence electrons. The van der Waals surface area contributed by atoms with Crippen LogP contribution >= 0.6 is 12.2 Å². The molecule has 0 bridgehead atoms. The summed E-state index contributed by atoms with van der Waals surface area (Å²) >= 11 is 4.05. The Balaban J connectivity index is 4.35. The Morgan fingerprint density at radius 2 is 1.70 bits per heavy atom. The van der Waals surface area contributed by atoms with E-state index in [1.807, 2.05) is 0 Å². The van der Waals surface area contributed by atoms with Gasteiger partial charge in [0.2, 0.25) is 5.84 Å². The van der Waals surface area contributed by atoms with Crippen molar-refractivity contribution >= 4 is 23.2 Å². The molecule has 0 saturated carbocycles. The van der Waals surface area contributed by atoms with Crippen molar-refractivity contribution in [1.82, 2.24) is 0 Å². The second-order valence-electron chi connectivity index (χ2n) is 1.33. The van der Waals surface area contributed by atoms with Crippen molar-refractivity contribution in [3.8, 4) is 0 Å². The number of hydrogen-bond acceptors (Lipinski definition) is 1. The van der Waals surface area contributed by atoms with Crippen molar-refractivity contribution in [3.05, 3.63) is 0 Å². The average molecular weight is 171 g/mol. The molecule has 0 saturated heterocycles. The molecule has 3 nitrogen and oxygen atoms in total. The van der Waals surface area contributed by atoms with Gasteiger partial charge in [0.15, 0.2) is 5.11 Å². The normalized spacial score (nSPS) is 13.3. The summed E-state index contributed by atoms with van der Waals surface area (Å²) < 4.78 is 34.3. The van der Waals surface area contributed by atoms with E-state index in [1.54, 1.807) is 0 Å². The summed E-state index contributed by atoms with van der Waals surface area (Å²) in [5.41, 5.74) is 9.06. The van der Waals surface area contributed by atoms with Gasteiger partial charge in [0.05, 0.1) is 0 Å². The summed E-state index contributed by atoms with van der Waals surface area (Å²) in [5, 5.41) is -0.630. The van der Waals surface area contributed by atoms with E-state index in [0.29, 0.717) is 0 Å². The summed E-state index contributed by atoms with van der Waals surface area (Å²) in [6.07, 6.45) is -4.65. The largest absolute Gasteiger partial charge is 0.449 e. The number of alkyl halides is 3. The molecular formula is C3H4F3N3S. The first-order valence-corrected chi connectivity index (χ1v) is 2.45. The molecule has 0 aromatic rings. The zero-order valence-corrected chi connectivity index (χ0v) is 5.46. The third-order valence-electron chi connectivity index (χ3n) is 0.521. The van der Waals surface area contributed by atoms with E-state index in [-0.39, 0.29) is 0 Å². The molecule has 4 N–H and O–H groups in total. The maximum absolute atomic E-state index is 11.4. The zero-order chi connectivity index (χ0) is 8.36. The molecule has 7 heteroatoms. The van der Waals surface area contributed by atoms with Crippen LogP contribution in [0.15, 0.2) is 4.99 Å². The van der Waals surface area contributed by atoms with Gasteiger partial charge in [0.1, 0.15) is 0 Å². The van der Waals surface area contributed by atoms with Crippen molar-refractivity contribution in [2.75, 3.05) is 0 Å². The Morgan fingerprint density at radius 1 is 1.30 bits per heavy atom.